The summed E-state index contributed by atoms with van der Waals surface area (Å²) in [6.07, 6.45) is 4.57. The fourth-order valence-corrected chi connectivity index (χ4v) is 6.37. The third-order valence-corrected chi connectivity index (χ3v) is 9.20. The molecule has 7 nitrogen and oxygen atoms in total. The summed E-state index contributed by atoms with van der Waals surface area (Å²) in [7, 11) is -4.14. The average Bonchev–Trinajstić information content (AvgIpc) is 3.48. The minimum absolute atomic E-state index is 0.0346. The van der Waals surface area contributed by atoms with Gasteiger partial charge in [0, 0.05) is 18.2 Å². The van der Waals surface area contributed by atoms with Crippen LogP contribution < -0.4 is 9.62 Å². The van der Waals surface area contributed by atoms with E-state index in [0.717, 1.165) is 42.0 Å². The second kappa shape index (κ2) is 13.1. The molecule has 0 spiro atoms. The molecule has 0 heterocycles. The Labute approximate surface area is 236 Å². The lowest BCUT2D eigenvalue weighted by atomic mass is 10.1. The Bertz CT molecular complexity index is 1410. The Balaban J connectivity index is 1.68. The van der Waals surface area contributed by atoms with Crippen LogP contribution in [0.4, 0.5) is 10.1 Å². The van der Waals surface area contributed by atoms with E-state index in [4.69, 9.17) is 0 Å². The number of amides is 2. The third kappa shape index (κ3) is 6.88. The van der Waals surface area contributed by atoms with Gasteiger partial charge >= 0.3 is 0 Å². The Kier molecular flexibility index (Phi) is 9.58. The van der Waals surface area contributed by atoms with Crippen LogP contribution in [0.2, 0.25) is 0 Å². The first-order valence-electron chi connectivity index (χ1n) is 13.7. The molecule has 3 aromatic carbocycles. The van der Waals surface area contributed by atoms with Crippen molar-refractivity contribution in [3.05, 3.63) is 95.8 Å². The minimum Gasteiger partial charge on any atom is -0.352 e. The van der Waals surface area contributed by atoms with Crippen LogP contribution in [0.3, 0.4) is 0 Å². The molecule has 0 aromatic heterocycles. The van der Waals surface area contributed by atoms with Gasteiger partial charge in [0.05, 0.1) is 10.6 Å². The van der Waals surface area contributed by atoms with Crippen molar-refractivity contribution in [2.75, 3.05) is 10.8 Å². The van der Waals surface area contributed by atoms with Crippen LogP contribution in [0.1, 0.15) is 50.7 Å². The standard InChI is InChI=1S/C31H36FN3O4S/c1-3-24-17-19-27(20-18-24)35(40(38,39)28-14-5-4-6-15-28)22-30(36)34(21-25-11-7-10-16-29(25)32)23(2)31(37)33-26-12-8-9-13-26/h4-7,10-11,14-20,23,26H,3,8-9,12-13,21-22H2,1-2H3,(H,33,37)/t23-/m0/s1. The van der Waals surface area contributed by atoms with Crippen molar-refractivity contribution >= 4 is 27.5 Å². The number of benzene rings is 3. The lowest BCUT2D eigenvalue weighted by molar-refractivity contribution is -0.139. The average molecular weight is 566 g/mol. The van der Waals surface area contributed by atoms with E-state index >= 15 is 0 Å². The summed E-state index contributed by atoms with van der Waals surface area (Å²) in [6.45, 7) is 2.85. The molecule has 1 aliphatic carbocycles. The molecular weight excluding hydrogens is 529 g/mol. The highest BCUT2D eigenvalue weighted by atomic mass is 32.2. The van der Waals surface area contributed by atoms with Gasteiger partial charge in [0.25, 0.3) is 10.0 Å². The number of hydrogen-bond donors (Lipinski definition) is 1. The van der Waals surface area contributed by atoms with Crippen molar-refractivity contribution in [3.63, 3.8) is 0 Å². The molecule has 4 rings (SSSR count). The number of hydrogen-bond acceptors (Lipinski definition) is 4. The molecule has 3 aromatic rings. The Morgan fingerprint density at radius 1 is 0.950 bits per heavy atom. The predicted octanol–water partition coefficient (Wildman–Crippen LogP) is 5.06. The summed E-state index contributed by atoms with van der Waals surface area (Å²) >= 11 is 0. The Morgan fingerprint density at radius 3 is 2.20 bits per heavy atom. The van der Waals surface area contributed by atoms with Gasteiger partial charge in [-0.05, 0) is 62.1 Å². The van der Waals surface area contributed by atoms with Gasteiger partial charge in [0.2, 0.25) is 11.8 Å². The highest BCUT2D eigenvalue weighted by molar-refractivity contribution is 7.92. The van der Waals surface area contributed by atoms with Gasteiger partial charge in [-0.1, -0.05) is 68.3 Å². The lowest BCUT2D eigenvalue weighted by Gasteiger charge is -2.32. The molecule has 1 atom stereocenters. The fourth-order valence-electron chi connectivity index (χ4n) is 4.93. The van der Waals surface area contributed by atoms with Crippen LogP contribution in [0.25, 0.3) is 0 Å². The van der Waals surface area contributed by atoms with E-state index in [1.165, 1.54) is 23.1 Å². The van der Waals surface area contributed by atoms with E-state index in [1.807, 2.05) is 19.1 Å². The van der Waals surface area contributed by atoms with Crippen LogP contribution in [0.15, 0.2) is 83.8 Å². The molecule has 0 aliphatic heterocycles. The molecular formula is C31H36FN3O4S. The van der Waals surface area contributed by atoms with Crippen LogP contribution in [0.5, 0.6) is 0 Å². The maximum absolute atomic E-state index is 14.7. The van der Waals surface area contributed by atoms with Gasteiger partial charge in [-0.15, -0.1) is 0 Å². The molecule has 0 bridgehead atoms. The van der Waals surface area contributed by atoms with Gasteiger partial charge in [-0.2, -0.15) is 0 Å². The van der Waals surface area contributed by atoms with Gasteiger partial charge in [0.15, 0.2) is 0 Å². The molecule has 9 heteroatoms. The van der Waals surface area contributed by atoms with Crippen LogP contribution in [-0.2, 0) is 32.6 Å². The number of halogens is 1. The zero-order chi connectivity index (χ0) is 28.7. The number of rotatable bonds is 11. The molecule has 212 valence electrons. The number of carbonyl (C=O) groups excluding carboxylic acids is 2. The molecule has 40 heavy (non-hydrogen) atoms. The summed E-state index contributed by atoms with van der Waals surface area (Å²) in [5.41, 5.74) is 1.58. The number of aryl methyl sites for hydroxylation is 1. The van der Waals surface area contributed by atoms with E-state index in [9.17, 15) is 22.4 Å². The number of nitrogens with one attached hydrogen (secondary N) is 1. The zero-order valence-corrected chi connectivity index (χ0v) is 23.7. The summed E-state index contributed by atoms with van der Waals surface area (Å²) in [5.74, 6) is -1.47. The van der Waals surface area contributed by atoms with Gasteiger partial charge < -0.3 is 10.2 Å². The van der Waals surface area contributed by atoms with E-state index in [0.29, 0.717) is 5.69 Å². The second-order valence-corrected chi connectivity index (χ2v) is 12.0. The molecule has 2 amide bonds. The summed E-state index contributed by atoms with van der Waals surface area (Å²) in [5, 5.41) is 3.01. The molecule has 1 aliphatic rings. The normalized spacial score (nSPS) is 14.5. The molecule has 1 N–H and O–H groups in total. The SMILES string of the molecule is CCc1ccc(N(CC(=O)N(Cc2ccccc2F)[C@@H](C)C(=O)NC2CCCC2)S(=O)(=O)c2ccccc2)cc1. The van der Waals surface area contributed by atoms with Crippen molar-refractivity contribution < 1.29 is 22.4 Å². The topological polar surface area (TPSA) is 86.8 Å². The molecule has 1 fully saturated rings. The van der Waals surface area contributed by atoms with E-state index in [1.54, 1.807) is 55.5 Å². The monoisotopic (exact) mass is 565 g/mol. The van der Waals surface area contributed by atoms with E-state index < -0.39 is 34.3 Å². The van der Waals surface area contributed by atoms with E-state index in [-0.39, 0.29) is 29.0 Å². The van der Waals surface area contributed by atoms with Crippen molar-refractivity contribution in [3.8, 4) is 0 Å². The highest BCUT2D eigenvalue weighted by Gasteiger charge is 2.33. The fraction of sp³-hybridized carbons (Fsp3) is 0.355. The predicted molar refractivity (Wildman–Crippen MR) is 154 cm³/mol. The molecule has 1 saturated carbocycles. The number of carbonyl (C=O) groups is 2. The maximum Gasteiger partial charge on any atom is 0.264 e. The number of nitrogens with zero attached hydrogens (tertiary/aromatic N) is 2. The first-order valence-corrected chi connectivity index (χ1v) is 15.1. The van der Waals surface area contributed by atoms with Gasteiger partial charge in [-0.25, -0.2) is 12.8 Å². The Hall–Kier alpha value is -3.72. The van der Waals surface area contributed by atoms with Gasteiger partial charge in [0.1, 0.15) is 18.4 Å². The maximum atomic E-state index is 14.7. The smallest absolute Gasteiger partial charge is 0.264 e. The van der Waals surface area contributed by atoms with Crippen LogP contribution in [0, 0.1) is 5.82 Å². The zero-order valence-electron chi connectivity index (χ0n) is 22.9. The van der Waals surface area contributed by atoms with Gasteiger partial charge in [-0.3, -0.25) is 13.9 Å². The van der Waals surface area contributed by atoms with Crippen molar-refractivity contribution in [1.82, 2.24) is 10.2 Å². The quantitative estimate of drug-likeness (QED) is 0.352. The largest absolute Gasteiger partial charge is 0.352 e. The molecule has 0 radical (unpaired) electrons. The first-order chi connectivity index (χ1) is 19.2. The summed E-state index contributed by atoms with van der Waals surface area (Å²) in [6, 6.07) is 20.0. The van der Waals surface area contributed by atoms with Crippen molar-refractivity contribution in [2.45, 2.75) is 69.5 Å². The van der Waals surface area contributed by atoms with Crippen molar-refractivity contribution in [1.29, 1.82) is 0 Å². The molecule has 0 unspecified atom stereocenters. The lowest BCUT2D eigenvalue weighted by Crippen LogP contribution is -2.52. The number of anilines is 1. The van der Waals surface area contributed by atoms with Crippen LogP contribution in [-0.4, -0.2) is 43.8 Å². The highest BCUT2D eigenvalue weighted by Crippen LogP contribution is 2.25. The number of sulfonamides is 1. The minimum atomic E-state index is -4.14. The second-order valence-electron chi connectivity index (χ2n) is 10.1. The molecule has 0 saturated heterocycles. The van der Waals surface area contributed by atoms with Crippen LogP contribution >= 0.6 is 0 Å². The Morgan fingerprint density at radius 2 is 1.57 bits per heavy atom. The third-order valence-electron chi connectivity index (χ3n) is 7.41. The van der Waals surface area contributed by atoms with E-state index in [2.05, 4.69) is 5.32 Å². The summed E-state index contributed by atoms with van der Waals surface area (Å²) < 4.78 is 43.3. The summed E-state index contributed by atoms with van der Waals surface area (Å²) in [4.78, 5) is 28.5. The first kappa shape index (κ1) is 29.3. The van der Waals surface area contributed by atoms with Crippen molar-refractivity contribution in [2.24, 2.45) is 0 Å².